The SMILES string of the molecule is CCOc1c(Br)cc(Cl)cc1NS(=O)(=O)c1ccccc1. The monoisotopic (exact) mass is 389 g/mol. The molecule has 0 unspecified atom stereocenters. The third-order valence-electron chi connectivity index (χ3n) is 2.59. The van der Waals surface area contributed by atoms with Crippen LogP contribution >= 0.6 is 27.5 Å². The topological polar surface area (TPSA) is 55.4 Å². The van der Waals surface area contributed by atoms with E-state index >= 15 is 0 Å². The van der Waals surface area contributed by atoms with E-state index in [0.29, 0.717) is 27.5 Å². The van der Waals surface area contributed by atoms with Crippen LogP contribution in [0.25, 0.3) is 0 Å². The molecule has 2 rings (SSSR count). The van der Waals surface area contributed by atoms with Gasteiger partial charge in [0.2, 0.25) is 0 Å². The highest BCUT2D eigenvalue weighted by Gasteiger charge is 2.18. The lowest BCUT2D eigenvalue weighted by Crippen LogP contribution is -2.14. The molecule has 0 bridgehead atoms. The molecule has 0 saturated heterocycles. The summed E-state index contributed by atoms with van der Waals surface area (Å²) in [4.78, 5) is 0.170. The largest absolute Gasteiger partial charge is 0.490 e. The number of nitrogens with one attached hydrogen (secondary N) is 1. The van der Waals surface area contributed by atoms with Crippen LogP contribution in [0.4, 0.5) is 5.69 Å². The Morgan fingerprint density at radius 2 is 1.90 bits per heavy atom. The average Bonchev–Trinajstić information content (AvgIpc) is 2.43. The van der Waals surface area contributed by atoms with Gasteiger partial charge in [-0.1, -0.05) is 29.8 Å². The zero-order chi connectivity index (χ0) is 15.5. The molecule has 0 aliphatic carbocycles. The number of halogens is 2. The molecule has 2 aromatic carbocycles. The van der Waals surface area contributed by atoms with Crippen LogP contribution in [0.1, 0.15) is 6.92 Å². The van der Waals surface area contributed by atoms with E-state index in [2.05, 4.69) is 20.7 Å². The van der Waals surface area contributed by atoms with Gasteiger partial charge in [0.15, 0.2) is 5.75 Å². The maximum atomic E-state index is 12.4. The summed E-state index contributed by atoms with van der Waals surface area (Å²) >= 11 is 9.30. The van der Waals surface area contributed by atoms with Gasteiger partial charge < -0.3 is 4.74 Å². The van der Waals surface area contributed by atoms with Crippen LogP contribution in [0.2, 0.25) is 5.02 Å². The minimum Gasteiger partial charge on any atom is -0.490 e. The highest BCUT2D eigenvalue weighted by Crippen LogP contribution is 2.37. The lowest BCUT2D eigenvalue weighted by Gasteiger charge is -2.15. The summed E-state index contributed by atoms with van der Waals surface area (Å²) in [7, 11) is -3.70. The molecule has 0 heterocycles. The average molecular weight is 391 g/mol. The van der Waals surface area contributed by atoms with E-state index in [4.69, 9.17) is 16.3 Å². The normalized spacial score (nSPS) is 11.2. The molecule has 112 valence electrons. The molecule has 21 heavy (non-hydrogen) atoms. The molecule has 0 amide bonds. The van der Waals surface area contributed by atoms with E-state index < -0.39 is 10.0 Å². The molecule has 1 N–H and O–H groups in total. The molecule has 0 aromatic heterocycles. The van der Waals surface area contributed by atoms with Crippen LogP contribution < -0.4 is 9.46 Å². The van der Waals surface area contributed by atoms with Crippen molar-refractivity contribution in [3.8, 4) is 5.75 Å². The van der Waals surface area contributed by atoms with Gasteiger partial charge >= 0.3 is 0 Å². The predicted octanol–water partition coefficient (Wildman–Crippen LogP) is 4.30. The molecule has 0 spiro atoms. The van der Waals surface area contributed by atoms with Gasteiger partial charge in [0.25, 0.3) is 10.0 Å². The van der Waals surface area contributed by atoms with E-state index in [1.807, 2.05) is 6.92 Å². The summed E-state index contributed by atoms with van der Waals surface area (Å²) in [5.74, 6) is 0.404. The Morgan fingerprint density at radius 1 is 1.24 bits per heavy atom. The van der Waals surface area contributed by atoms with E-state index in [9.17, 15) is 8.42 Å². The Kier molecular flexibility index (Phi) is 5.13. The van der Waals surface area contributed by atoms with Crippen molar-refractivity contribution in [3.05, 3.63) is 52.0 Å². The first kappa shape index (κ1) is 16.1. The molecular formula is C14H13BrClNO3S. The van der Waals surface area contributed by atoms with E-state index in [0.717, 1.165) is 0 Å². The zero-order valence-electron chi connectivity index (χ0n) is 11.1. The zero-order valence-corrected chi connectivity index (χ0v) is 14.3. The molecule has 4 nitrogen and oxygen atoms in total. The second kappa shape index (κ2) is 6.68. The molecule has 0 aliphatic rings. The fourth-order valence-electron chi connectivity index (χ4n) is 1.73. The number of anilines is 1. The predicted molar refractivity (Wildman–Crippen MR) is 87.6 cm³/mol. The maximum absolute atomic E-state index is 12.4. The second-order valence-corrected chi connectivity index (χ2v) is 7.09. The Hall–Kier alpha value is -1.24. The van der Waals surface area contributed by atoms with E-state index in [1.54, 1.807) is 24.3 Å². The molecule has 0 atom stereocenters. The first-order valence-corrected chi connectivity index (χ1v) is 8.79. The number of ether oxygens (including phenoxy) is 1. The number of sulfonamides is 1. The van der Waals surface area contributed by atoms with Gasteiger partial charge in [0.1, 0.15) is 0 Å². The quantitative estimate of drug-likeness (QED) is 0.828. The van der Waals surface area contributed by atoms with Gasteiger partial charge in [-0.25, -0.2) is 8.42 Å². The fourth-order valence-corrected chi connectivity index (χ4v) is 3.73. The van der Waals surface area contributed by atoms with Crippen LogP contribution in [0.5, 0.6) is 5.75 Å². The standard InChI is InChI=1S/C14H13BrClNO3S/c1-2-20-14-12(15)8-10(16)9-13(14)17-21(18,19)11-6-4-3-5-7-11/h3-9,17H,2H2,1H3. The van der Waals surface area contributed by atoms with Crippen molar-refractivity contribution in [2.24, 2.45) is 0 Å². The molecular weight excluding hydrogens is 378 g/mol. The van der Waals surface area contributed by atoms with Gasteiger partial charge in [0.05, 0.1) is 21.7 Å². The second-order valence-electron chi connectivity index (χ2n) is 4.12. The maximum Gasteiger partial charge on any atom is 0.262 e. The van der Waals surface area contributed by atoms with Crippen LogP contribution in [0.3, 0.4) is 0 Å². The highest BCUT2D eigenvalue weighted by atomic mass is 79.9. The van der Waals surface area contributed by atoms with Gasteiger partial charge in [-0.3, -0.25) is 4.72 Å². The van der Waals surface area contributed by atoms with Crippen molar-refractivity contribution < 1.29 is 13.2 Å². The van der Waals surface area contributed by atoms with Crippen LogP contribution in [0.15, 0.2) is 51.8 Å². The summed E-state index contributed by atoms with van der Waals surface area (Å²) in [6.07, 6.45) is 0. The summed E-state index contributed by atoms with van der Waals surface area (Å²) in [5, 5.41) is 0.399. The van der Waals surface area contributed by atoms with Gasteiger partial charge in [-0.2, -0.15) is 0 Å². The molecule has 0 radical (unpaired) electrons. The smallest absolute Gasteiger partial charge is 0.262 e. The molecule has 2 aromatic rings. The van der Waals surface area contributed by atoms with Gasteiger partial charge in [-0.15, -0.1) is 0 Å². The third kappa shape index (κ3) is 3.90. The molecule has 0 saturated carbocycles. The first-order valence-electron chi connectivity index (χ1n) is 6.13. The number of hydrogen-bond acceptors (Lipinski definition) is 3. The number of benzene rings is 2. The Morgan fingerprint density at radius 3 is 2.52 bits per heavy atom. The summed E-state index contributed by atoms with van der Waals surface area (Å²) in [6, 6.07) is 11.3. The molecule has 0 aliphatic heterocycles. The van der Waals surface area contributed by atoms with Gasteiger partial charge in [0, 0.05) is 5.02 Å². The van der Waals surface area contributed by atoms with E-state index in [-0.39, 0.29) is 4.90 Å². The Labute approximate surface area is 137 Å². The van der Waals surface area contributed by atoms with Crippen molar-refractivity contribution in [1.82, 2.24) is 0 Å². The Balaban J connectivity index is 2.44. The van der Waals surface area contributed by atoms with Crippen molar-refractivity contribution >= 4 is 43.2 Å². The lowest BCUT2D eigenvalue weighted by atomic mass is 10.3. The van der Waals surface area contributed by atoms with Crippen LogP contribution in [-0.4, -0.2) is 15.0 Å². The summed E-state index contributed by atoms with van der Waals surface area (Å²) in [6.45, 7) is 2.22. The Bertz CT molecular complexity index is 735. The van der Waals surface area contributed by atoms with Crippen LogP contribution in [0, 0.1) is 0 Å². The number of rotatable bonds is 5. The summed E-state index contributed by atoms with van der Waals surface area (Å²) < 4.78 is 33.3. The fraction of sp³-hybridized carbons (Fsp3) is 0.143. The summed E-state index contributed by atoms with van der Waals surface area (Å²) in [5.41, 5.74) is 0.292. The first-order chi connectivity index (χ1) is 9.94. The van der Waals surface area contributed by atoms with Crippen molar-refractivity contribution in [2.45, 2.75) is 11.8 Å². The van der Waals surface area contributed by atoms with Crippen LogP contribution in [-0.2, 0) is 10.0 Å². The lowest BCUT2D eigenvalue weighted by molar-refractivity contribution is 0.340. The third-order valence-corrected chi connectivity index (χ3v) is 4.78. The highest BCUT2D eigenvalue weighted by molar-refractivity contribution is 9.10. The van der Waals surface area contributed by atoms with E-state index in [1.165, 1.54) is 18.2 Å². The molecule has 0 fully saturated rings. The molecule has 7 heteroatoms. The van der Waals surface area contributed by atoms with Crippen molar-refractivity contribution in [2.75, 3.05) is 11.3 Å². The van der Waals surface area contributed by atoms with Crippen molar-refractivity contribution in [3.63, 3.8) is 0 Å². The van der Waals surface area contributed by atoms with Gasteiger partial charge in [-0.05, 0) is 47.1 Å². The number of hydrogen-bond donors (Lipinski definition) is 1. The minimum atomic E-state index is -3.70. The van der Waals surface area contributed by atoms with Crippen molar-refractivity contribution in [1.29, 1.82) is 0 Å². The minimum absolute atomic E-state index is 0.170.